The SMILES string of the molecule is CCCCCCCCCCCCCCCCCC(=O)OC(=O)O.[CaH2].[Zn]. The standard InChI is InChI=1S/C19H36O4.Ca.Zn.2H/c1-2-3-4-5-6-7-8-9-10-11-12-13-14-15-16-17-18(20)23-19(21)22;;;;/h2-17H2,1H3,(H,21,22);;;;. The van der Waals surface area contributed by atoms with E-state index in [-0.39, 0.29) is 63.6 Å². The minimum atomic E-state index is -1.50. The van der Waals surface area contributed by atoms with Gasteiger partial charge in [-0.25, -0.2) is 4.79 Å². The van der Waals surface area contributed by atoms with Crippen LogP contribution in [-0.4, -0.2) is 55.0 Å². The maximum Gasteiger partial charge on any atom is 0 e. The molecule has 0 fully saturated rings. The molecule has 0 bridgehead atoms. The molecule has 0 amide bonds. The molecule has 142 valence electrons. The summed E-state index contributed by atoms with van der Waals surface area (Å²) in [6.07, 6.45) is 17.8. The van der Waals surface area contributed by atoms with E-state index < -0.39 is 12.1 Å². The minimum Gasteiger partial charge on any atom is 0 e. The number of carboxylic acid groups (broad SMARTS) is 1. The van der Waals surface area contributed by atoms with Gasteiger partial charge in [-0.05, 0) is 6.42 Å². The van der Waals surface area contributed by atoms with Crippen molar-refractivity contribution < 1.29 is 38.9 Å². The van der Waals surface area contributed by atoms with Crippen molar-refractivity contribution >= 4 is 49.9 Å². The number of carbonyl (C=O) groups is 2. The number of hydrogen-bond donors (Lipinski definition) is 1. The first-order valence-corrected chi connectivity index (χ1v) is 9.60. The zero-order valence-electron chi connectivity index (χ0n) is 15.7. The molecule has 1 N–H and O–H groups in total. The summed E-state index contributed by atoms with van der Waals surface area (Å²) in [6, 6.07) is 0. The van der Waals surface area contributed by atoms with Crippen molar-refractivity contribution in [3.05, 3.63) is 0 Å². The molecule has 0 spiro atoms. The Kier molecular flexibility index (Phi) is 30.3. The molecule has 0 rings (SSSR count). The molecule has 4 nitrogen and oxygen atoms in total. The van der Waals surface area contributed by atoms with Crippen LogP contribution in [0.3, 0.4) is 0 Å². The van der Waals surface area contributed by atoms with Crippen LogP contribution >= 0.6 is 0 Å². The molecule has 0 saturated heterocycles. The van der Waals surface area contributed by atoms with Gasteiger partial charge in [-0.2, -0.15) is 0 Å². The zero-order valence-corrected chi connectivity index (χ0v) is 18.7. The second kappa shape index (κ2) is 24.8. The summed E-state index contributed by atoms with van der Waals surface area (Å²) in [6.45, 7) is 2.26. The number of rotatable bonds is 16. The van der Waals surface area contributed by atoms with Crippen molar-refractivity contribution in [1.29, 1.82) is 0 Å². The number of carbonyl (C=O) groups excluding carboxylic acids is 1. The molecule has 0 aliphatic carbocycles. The first-order chi connectivity index (χ1) is 11.2. The zero-order chi connectivity index (χ0) is 17.2. The fourth-order valence-electron chi connectivity index (χ4n) is 2.79. The first kappa shape index (κ1) is 30.5. The third kappa shape index (κ3) is 27.2. The van der Waals surface area contributed by atoms with Crippen LogP contribution in [0.1, 0.15) is 110 Å². The summed E-state index contributed by atoms with van der Waals surface area (Å²) in [7, 11) is 0. The van der Waals surface area contributed by atoms with E-state index in [1.807, 2.05) is 0 Å². The molecule has 0 aromatic rings. The van der Waals surface area contributed by atoms with Gasteiger partial charge >= 0.3 is 49.9 Å². The van der Waals surface area contributed by atoms with Gasteiger partial charge < -0.3 is 9.84 Å². The summed E-state index contributed by atoms with van der Waals surface area (Å²) >= 11 is 0. The number of esters is 1. The molecule has 6 heteroatoms. The van der Waals surface area contributed by atoms with Crippen molar-refractivity contribution in [2.24, 2.45) is 0 Å². The van der Waals surface area contributed by atoms with E-state index in [1.165, 1.54) is 77.0 Å². The summed E-state index contributed by atoms with van der Waals surface area (Å²) in [5, 5.41) is 8.27. The number of unbranched alkanes of at least 4 members (excludes halogenated alkanes) is 14. The van der Waals surface area contributed by atoms with E-state index in [9.17, 15) is 9.59 Å². The molecule has 0 saturated carbocycles. The van der Waals surface area contributed by atoms with Crippen LogP contribution in [0.5, 0.6) is 0 Å². The van der Waals surface area contributed by atoms with Crippen LogP contribution in [0.4, 0.5) is 4.79 Å². The summed E-state index contributed by atoms with van der Waals surface area (Å²) in [4.78, 5) is 21.1. The number of hydrogen-bond acceptors (Lipinski definition) is 3. The van der Waals surface area contributed by atoms with Crippen LogP contribution in [-0.2, 0) is 29.0 Å². The fraction of sp³-hybridized carbons (Fsp3) is 0.895. The Morgan fingerprint density at radius 1 is 0.680 bits per heavy atom. The van der Waals surface area contributed by atoms with Crippen molar-refractivity contribution in [3.63, 3.8) is 0 Å². The van der Waals surface area contributed by atoms with Gasteiger partial charge in [0.2, 0.25) is 0 Å². The van der Waals surface area contributed by atoms with Gasteiger partial charge in [0.15, 0.2) is 0 Å². The second-order valence-corrected chi connectivity index (χ2v) is 6.44. The predicted octanol–water partition coefficient (Wildman–Crippen LogP) is 5.55. The van der Waals surface area contributed by atoms with Gasteiger partial charge in [0, 0.05) is 25.9 Å². The second-order valence-electron chi connectivity index (χ2n) is 6.44. The maximum absolute atomic E-state index is 11.0. The topological polar surface area (TPSA) is 63.6 Å². The van der Waals surface area contributed by atoms with E-state index in [4.69, 9.17) is 5.11 Å². The van der Waals surface area contributed by atoms with Crippen molar-refractivity contribution in [1.82, 2.24) is 0 Å². The normalized spacial score (nSPS) is 9.80. The molecule has 0 unspecified atom stereocenters. The molecule has 0 aliphatic heterocycles. The van der Waals surface area contributed by atoms with Crippen LogP contribution in [0.2, 0.25) is 0 Å². The van der Waals surface area contributed by atoms with Gasteiger partial charge in [-0.3, -0.25) is 4.79 Å². The predicted molar refractivity (Wildman–Crippen MR) is 102 cm³/mol. The Labute approximate surface area is 197 Å². The van der Waals surface area contributed by atoms with Gasteiger partial charge in [0.25, 0.3) is 0 Å². The molecule has 0 aromatic heterocycles. The van der Waals surface area contributed by atoms with E-state index in [0.29, 0.717) is 0 Å². The summed E-state index contributed by atoms with van der Waals surface area (Å²) < 4.78 is 4.05. The molecule has 25 heavy (non-hydrogen) atoms. The van der Waals surface area contributed by atoms with Crippen LogP contribution in [0.25, 0.3) is 0 Å². The Bertz CT molecular complexity index is 301. The average molecular weight is 436 g/mol. The molecule has 0 radical (unpaired) electrons. The minimum absolute atomic E-state index is 0. The van der Waals surface area contributed by atoms with Gasteiger partial charge in [0.05, 0.1) is 0 Å². The third-order valence-electron chi connectivity index (χ3n) is 4.19. The molecule has 0 aromatic carbocycles. The molecule has 0 heterocycles. The van der Waals surface area contributed by atoms with Crippen molar-refractivity contribution in [2.75, 3.05) is 0 Å². The van der Waals surface area contributed by atoms with Crippen molar-refractivity contribution in [2.45, 2.75) is 110 Å². The molecular formula is C19H38CaO4Zn. The average Bonchev–Trinajstić information content (AvgIpc) is 2.50. The largest absolute Gasteiger partial charge is 0 e. The van der Waals surface area contributed by atoms with E-state index in [0.717, 1.165) is 19.3 Å². The third-order valence-corrected chi connectivity index (χ3v) is 4.19. The van der Waals surface area contributed by atoms with E-state index in [2.05, 4.69) is 11.7 Å². The molecule has 0 aliphatic rings. The van der Waals surface area contributed by atoms with E-state index in [1.54, 1.807) is 0 Å². The molecule has 0 atom stereocenters. The summed E-state index contributed by atoms with van der Waals surface area (Å²) in [5.74, 6) is -0.632. The van der Waals surface area contributed by atoms with Gasteiger partial charge in [0.1, 0.15) is 0 Å². The van der Waals surface area contributed by atoms with Crippen LogP contribution in [0.15, 0.2) is 0 Å². The number of ether oxygens (including phenoxy) is 1. The van der Waals surface area contributed by atoms with E-state index >= 15 is 0 Å². The monoisotopic (exact) mass is 434 g/mol. The van der Waals surface area contributed by atoms with Gasteiger partial charge in [-0.1, -0.05) is 96.8 Å². The smallest absolute Gasteiger partial charge is 0 e. The van der Waals surface area contributed by atoms with Crippen LogP contribution < -0.4 is 0 Å². The fourth-order valence-corrected chi connectivity index (χ4v) is 2.79. The maximum atomic E-state index is 11.0. The van der Waals surface area contributed by atoms with Crippen molar-refractivity contribution in [3.8, 4) is 0 Å². The first-order valence-electron chi connectivity index (χ1n) is 9.60. The Balaban J connectivity index is -0.00000242. The Morgan fingerprint density at radius 3 is 1.32 bits per heavy atom. The van der Waals surface area contributed by atoms with Crippen LogP contribution in [0, 0.1) is 0 Å². The Morgan fingerprint density at radius 2 is 1.00 bits per heavy atom. The molecular weight excluding hydrogens is 398 g/mol. The quantitative estimate of drug-likeness (QED) is 0.149. The Hall–Kier alpha value is 0.823. The summed E-state index contributed by atoms with van der Waals surface area (Å²) in [5.41, 5.74) is 0. The van der Waals surface area contributed by atoms with Gasteiger partial charge in [-0.15, -0.1) is 0 Å².